The first kappa shape index (κ1) is 18.4. The summed E-state index contributed by atoms with van der Waals surface area (Å²) in [5.74, 6) is -0.600. The molecule has 0 aliphatic carbocycles. The molecule has 0 atom stereocenters. The molecular weight excluding hydrogens is 315 g/mol. The summed E-state index contributed by atoms with van der Waals surface area (Å²) >= 11 is 5.62. The lowest BCUT2D eigenvalue weighted by Gasteiger charge is -2.21. The van der Waals surface area contributed by atoms with Gasteiger partial charge in [0.15, 0.2) is 0 Å². The molecule has 1 aromatic rings. The third kappa shape index (κ3) is 4.92. The molecule has 0 spiro atoms. The SMILES string of the molecule is CCN(CCCN(C)C)S(=O)(=O)c1ccc(CCl)cc1F. The van der Waals surface area contributed by atoms with Crippen molar-refractivity contribution in [2.24, 2.45) is 0 Å². The van der Waals surface area contributed by atoms with Crippen molar-refractivity contribution in [3.05, 3.63) is 29.6 Å². The molecule has 0 radical (unpaired) electrons. The van der Waals surface area contributed by atoms with E-state index in [-0.39, 0.29) is 10.8 Å². The van der Waals surface area contributed by atoms with E-state index < -0.39 is 15.8 Å². The van der Waals surface area contributed by atoms with Crippen LogP contribution in [0.4, 0.5) is 4.39 Å². The van der Waals surface area contributed by atoms with Gasteiger partial charge in [-0.05, 0) is 44.8 Å². The van der Waals surface area contributed by atoms with Crippen LogP contribution in [0.25, 0.3) is 0 Å². The lowest BCUT2D eigenvalue weighted by Crippen LogP contribution is -2.33. The smallest absolute Gasteiger partial charge is 0.245 e. The second-order valence-electron chi connectivity index (χ2n) is 5.05. The van der Waals surface area contributed by atoms with E-state index in [1.807, 2.05) is 19.0 Å². The van der Waals surface area contributed by atoms with Crippen LogP contribution in [0.2, 0.25) is 0 Å². The highest BCUT2D eigenvalue weighted by Crippen LogP contribution is 2.21. The number of hydrogen-bond acceptors (Lipinski definition) is 3. The van der Waals surface area contributed by atoms with E-state index in [0.29, 0.717) is 25.1 Å². The highest BCUT2D eigenvalue weighted by molar-refractivity contribution is 7.89. The molecule has 0 saturated heterocycles. The number of alkyl halides is 1. The van der Waals surface area contributed by atoms with Crippen molar-refractivity contribution < 1.29 is 12.8 Å². The Morgan fingerprint density at radius 2 is 1.90 bits per heavy atom. The van der Waals surface area contributed by atoms with Crippen molar-refractivity contribution in [2.45, 2.75) is 24.1 Å². The van der Waals surface area contributed by atoms with Crippen molar-refractivity contribution in [1.29, 1.82) is 0 Å². The van der Waals surface area contributed by atoms with Crippen LogP contribution in [0, 0.1) is 5.82 Å². The number of nitrogens with zero attached hydrogens (tertiary/aromatic N) is 2. The van der Waals surface area contributed by atoms with Crippen LogP contribution in [0.3, 0.4) is 0 Å². The van der Waals surface area contributed by atoms with Gasteiger partial charge in [0.1, 0.15) is 10.7 Å². The molecule has 0 bridgehead atoms. The minimum Gasteiger partial charge on any atom is -0.309 e. The van der Waals surface area contributed by atoms with Crippen LogP contribution >= 0.6 is 11.6 Å². The Labute approximate surface area is 131 Å². The van der Waals surface area contributed by atoms with Gasteiger partial charge in [-0.25, -0.2) is 12.8 Å². The van der Waals surface area contributed by atoms with Crippen molar-refractivity contribution in [1.82, 2.24) is 9.21 Å². The van der Waals surface area contributed by atoms with Gasteiger partial charge < -0.3 is 4.90 Å². The molecule has 7 heteroatoms. The molecule has 21 heavy (non-hydrogen) atoms. The number of hydrogen-bond donors (Lipinski definition) is 0. The van der Waals surface area contributed by atoms with E-state index >= 15 is 0 Å². The van der Waals surface area contributed by atoms with Gasteiger partial charge in [0.25, 0.3) is 0 Å². The van der Waals surface area contributed by atoms with Gasteiger partial charge in [0.2, 0.25) is 10.0 Å². The summed E-state index contributed by atoms with van der Waals surface area (Å²) in [5, 5.41) is 0. The topological polar surface area (TPSA) is 40.6 Å². The summed E-state index contributed by atoms with van der Waals surface area (Å²) in [5.41, 5.74) is 0.559. The number of benzene rings is 1. The van der Waals surface area contributed by atoms with Gasteiger partial charge in [-0.1, -0.05) is 13.0 Å². The molecule has 4 nitrogen and oxygen atoms in total. The quantitative estimate of drug-likeness (QED) is 0.685. The highest BCUT2D eigenvalue weighted by atomic mass is 35.5. The maximum absolute atomic E-state index is 14.0. The van der Waals surface area contributed by atoms with Crippen LogP contribution in [-0.2, 0) is 15.9 Å². The van der Waals surface area contributed by atoms with Crippen LogP contribution < -0.4 is 0 Å². The fourth-order valence-electron chi connectivity index (χ4n) is 1.99. The first-order valence-electron chi connectivity index (χ1n) is 6.82. The summed E-state index contributed by atoms with van der Waals surface area (Å²) < 4.78 is 40.3. The van der Waals surface area contributed by atoms with Gasteiger partial charge in [0, 0.05) is 19.0 Å². The second kappa shape index (κ2) is 8.08. The van der Waals surface area contributed by atoms with Gasteiger partial charge in [-0.2, -0.15) is 4.31 Å². The Morgan fingerprint density at radius 1 is 1.24 bits per heavy atom. The molecule has 0 N–H and O–H groups in total. The van der Waals surface area contributed by atoms with E-state index in [1.54, 1.807) is 6.92 Å². The summed E-state index contributed by atoms with van der Waals surface area (Å²) in [6.07, 6.45) is 0.696. The Kier molecular flexibility index (Phi) is 7.06. The number of sulfonamides is 1. The molecule has 0 aliphatic heterocycles. The lowest BCUT2D eigenvalue weighted by atomic mass is 10.2. The average molecular weight is 337 g/mol. The van der Waals surface area contributed by atoms with Crippen LogP contribution in [0.5, 0.6) is 0 Å². The van der Waals surface area contributed by atoms with Crippen molar-refractivity contribution in [3.8, 4) is 0 Å². The molecule has 0 aromatic heterocycles. The first-order valence-corrected chi connectivity index (χ1v) is 8.79. The van der Waals surface area contributed by atoms with Crippen molar-refractivity contribution >= 4 is 21.6 Å². The summed E-state index contributed by atoms with van der Waals surface area (Å²) in [6, 6.07) is 4.00. The summed E-state index contributed by atoms with van der Waals surface area (Å²) in [4.78, 5) is 1.69. The normalized spacial score (nSPS) is 12.3. The van der Waals surface area contributed by atoms with Gasteiger partial charge >= 0.3 is 0 Å². The Bertz CT molecular complexity index is 564. The molecule has 1 aromatic carbocycles. The van der Waals surface area contributed by atoms with Crippen LogP contribution in [0.1, 0.15) is 18.9 Å². The molecule has 0 heterocycles. The number of halogens is 2. The summed E-state index contributed by atoms with van der Waals surface area (Å²) in [7, 11) is 0.0439. The van der Waals surface area contributed by atoms with E-state index in [1.165, 1.54) is 22.5 Å². The van der Waals surface area contributed by atoms with Gasteiger partial charge in [-0.15, -0.1) is 11.6 Å². The fourth-order valence-corrected chi connectivity index (χ4v) is 3.69. The third-order valence-corrected chi connectivity index (χ3v) is 5.45. The zero-order valence-electron chi connectivity index (χ0n) is 12.6. The van der Waals surface area contributed by atoms with Gasteiger partial charge in [-0.3, -0.25) is 0 Å². The molecular formula is C14H22ClFN2O2S. The molecule has 0 amide bonds. The lowest BCUT2D eigenvalue weighted by molar-refractivity contribution is 0.355. The highest BCUT2D eigenvalue weighted by Gasteiger charge is 2.26. The van der Waals surface area contributed by atoms with E-state index in [0.717, 1.165) is 6.54 Å². The largest absolute Gasteiger partial charge is 0.309 e. The van der Waals surface area contributed by atoms with E-state index in [4.69, 9.17) is 11.6 Å². The third-order valence-electron chi connectivity index (χ3n) is 3.13. The summed E-state index contributed by atoms with van der Waals surface area (Å²) in [6.45, 7) is 3.21. The zero-order valence-corrected chi connectivity index (χ0v) is 14.2. The van der Waals surface area contributed by atoms with Crippen molar-refractivity contribution in [2.75, 3.05) is 33.7 Å². The van der Waals surface area contributed by atoms with Gasteiger partial charge in [0.05, 0.1) is 0 Å². The zero-order chi connectivity index (χ0) is 16.0. The molecule has 0 fully saturated rings. The Balaban J connectivity index is 2.96. The number of rotatable bonds is 8. The van der Waals surface area contributed by atoms with E-state index in [2.05, 4.69) is 0 Å². The van der Waals surface area contributed by atoms with Crippen molar-refractivity contribution in [3.63, 3.8) is 0 Å². The van der Waals surface area contributed by atoms with Crippen LogP contribution in [-0.4, -0.2) is 51.4 Å². The fraction of sp³-hybridized carbons (Fsp3) is 0.571. The molecule has 0 unspecified atom stereocenters. The van der Waals surface area contributed by atoms with E-state index in [9.17, 15) is 12.8 Å². The minimum atomic E-state index is -3.81. The second-order valence-corrected chi connectivity index (χ2v) is 7.23. The minimum absolute atomic E-state index is 0.150. The Morgan fingerprint density at radius 3 is 2.38 bits per heavy atom. The standard InChI is InChI=1S/C14H22ClFN2O2S/c1-4-18(9-5-8-17(2)3)21(19,20)14-7-6-12(11-15)10-13(14)16/h6-7,10H,4-5,8-9,11H2,1-3H3. The predicted octanol–water partition coefficient (Wildman–Crippen LogP) is 2.53. The average Bonchev–Trinajstić information content (AvgIpc) is 2.42. The maximum atomic E-state index is 14.0. The monoisotopic (exact) mass is 336 g/mol. The Hall–Kier alpha value is -0.690. The molecule has 120 valence electrons. The molecule has 1 rings (SSSR count). The molecule has 0 saturated carbocycles. The molecule has 0 aliphatic rings. The first-order chi connectivity index (χ1) is 9.82. The predicted molar refractivity (Wildman–Crippen MR) is 83.6 cm³/mol. The maximum Gasteiger partial charge on any atom is 0.245 e. The van der Waals surface area contributed by atoms with Crippen LogP contribution in [0.15, 0.2) is 23.1 Å².